The van der Waals surface area contributed by atoms with Crippen molar-refractivity contribution in [2.75, 3.05) is 33.3 Å². The van der Waals surface area contributed by atoms with Crippen molar-refractivity contribution in [3.05, 3.63) is 0 Å². The summed E-state index contributed by atoms with van der Waals surface area (Å²) in [6, 6.07) is 0.315. The lowest BCUT2D eigenvalue weighted by Gasteiger charge is -2.25. The zero-order chi connectivity index (χ0) is 11.8. The Morgan fingerprint density at radius 2 is 2.50 bits per heavy atom. The second-order valence-electron chi connectivity index (χ2n) is 3.47. The summed E-state index contributed by atoms with van der Waals surface area (Å²) in [4.78, 5) is 5.97. The molecule has 1 saturated heterocycles. The van der Waals surface area contributed by atoms with Crippen LogP contribution in [0.3, 0.4) is 0 Å². The molecule has 16 heavy (non-hydrogen) atoms. The third-order valence-electron chi connectivity index (χ3n) is 2.46. The number of methoxy groups -OCH3 is 1. The molecule has 6 heteroatoms. The van der Waals surface area contributed by atoms with Gasteiger partial charge in [0.25, 0.3) is 0 Å². The molecule has 1 heterocycles. The number of nitrogens with zero attached hydrogens (tertiary/aromatic N) is 3. The number of rotatable bonds is 4. The highest BCUT2D eigenvalue weighted by Crippen LogP contribution is 2.21. The van der Waals surface area contributed by atoms with Crippen molar-refractivity contribution in [1.29, 1.82) is 5.26 Å². The molecule has 0 aliphatic carbocycles. The third-order valence-corrected chi connectivity index (χ3v) is 3.15. The van der Waals surface area contributed by atoms with E-state index in [0.29, 0.717) is 19.4 Å². The van der Waals surface area contributed by atoms with E-state index >= 15 is 0 Å². The molecule has 0 bridgehead atoms. The minimum atomic E-state index is 0.314. The lowest BCUT2D eigenvalue weighted by molar-refractivity contribution is -0.0420. The average Bonchev–Trinajstić information content (AvgIpc) is 2.74. The molecule has 1 unspecified atom stereocenters. The lowest BCUT2D eigenvalue weighted by atomic mass is 10.2. The Hall–Kier alpha value is -0.770. The van der Waals surface area contributed by atoms with Gasteiger partial charge in [-0.1, -0.05) is 11.8 Å². The standard InChI is InChI=1S/C10H17N3O2S/c1-14-8-15-6-9-4-3-5-13(9)10(16-2)12-7-11/h9H,3-6,8H2,1-2H3. The monoisotopic (exact) mass is 243 g/mol. The van der Waals surface area contributed by atoms with Crippen LogP contribution in [0.1, 0.15) is 12.8 Å². The van der Waals surface area contributed by atoms with Gasteiger partial charge in [0, 0.05) is 13.7 Å². The van der Waals surface area contributed by atoms with Crippen LogP contribution >= 0.6 is 11.8 Å². The van der Waals surface area contributed by atoms with E-state index in [1.165, 1.54) is 11.8 Å². The number of ether oxygens (including phenoxy) is 2. The van der Waals surface area contributed by atoms with Crippen LogP contribution in [0.5, 0.6) is 0 Å². The molecule has 1 atom stereocenters. The number of likely N-dealkylation sites (tertiary alicyclic amines) is 1. The molecule has 0 aromatic rings. The van der Waals surface area contributed by atoms with Crippen molar-refractivity contribution in [1.82, 2.24) is 4.90 Å². The van der Waals surface area contributed by atoms with E-state index in [-0.39, 0.29) is 0 Å². The molecule has 1 fully saturated rings. The number of amidine groups is 1. The van der Waals surface area contributed by atoms with Crippen LogP contribution in [-0.4, -0.2) is 49.4 Å². The largest absolute Gasteiger partial charge is 0.359 e. The first-order valence-corrected chi connectivity index (χ1v) is 6.40. The van der Waals surface area contributed by atoms with E-state index < -0.39 is 0 Å². The predicted molar refractivity (Wildman–Crippen MR) is 64.1 cm³/mol. The van der Waals surface area contributed by atoms with E-state index in [9.17, 15) is 0 Å². The van der Waals surface area contributed by atoms with Crippen LogP contribution in [0.4, 0.5) is 0 Å². The Balaban J connectivity index is 2.51. The Labute approximate surface area is 100 Å². The molecule has 0 spiro atoms. The maximum absolute atomic E-state index is 8.60. The number of hydrogen-bond acceptors (Lipinski definition) is 5. The van der Waals surface area contributed by atoms with E-state index in [2.05, 4.69) is 9.89 Å². The zero-order valence-electron chi connectivity index (χ0n) is 9.68. The van der Waals surface area contributed by atoms with Crippen LogP contribution in [0.25, 0.3) is 0 Å². The molecule has 0 N–H and O–H groups in total. The van der Waals surface area contributed by atoms with Gasteiger partial charge in [0.2, 0.25) is 6.19 Å². The van der Waals surface area contributed by atoms with E-state index in [1.54, 1.807) is 7.11 Å². The van der Waals surface area contributed by atoms with Gasteiger partial charge in [-0.25, -0.2) is 0 Å². The molecule has 5 nitrogen and oxygen atoms in total. The molecule has 0 aromatic carbocycles. The highest BCUT2D eigenvalue weighted by molar-refractivity contribution is 8.13. The minimum absolute atomic E-state index is 0.314. The van der Waals surface area contributed by atoms with Gasteiger partial charge in [-0.15, -0.1) is 4.99 Å². The Morgan fingerprint density at radius 3 is 3.12 bits per heavy atom. The van der Waals surface area contributed by atoms with Gasteiger partial charge >= 0.3 is 0 Å². The van der Waals surface area contributed by atoms with Crippen LogP contribution in [0.15, 0.2) is 4.99 Å². The van der Waals surface area contributed by atoms with Gasteiger partial charge in [-0.05, 0) is 19.1 Å². The molecule has 0 saturated carbocycles. The van der Waals surface area contributed by atoms with Crippen molar-refractivity contribution in [3.63, 3.8) is 0 Å². The highest BCUT2D eigenvalue weighted by atomic mass is 32.2. The fourth-order valence-corrected chi connectivity index (χ4v) is 2.41. The fraction of sp³-hybridized carbons (Fsp3) is 0.800. The molecular formula is C10H17N3O2S. The molecule has 1 rings (SSSR count). The second kappa shape index (κ2) is 7.49. The molecule has 1 aliphatic heterocycles. The van der Waals surface area contributed by atoms with E-state index in [1.807, 2.05) is 12.4 Å². The van der Waals surface area contributed by atoms with E-state index in [0.717, 1.165) is 24.6 Å². The van der Waals surface area contributed by atoms with Crippen molar-refractivity contribution >= 4 is 16.9 Å². The molecule has 0 aromatic heterocycles. The lowest BCUT2D eigenvalue weighted by Crippen LogP contribution is -2.36. The van der Waals surface area contributed by atoms with Crippen molar-refractivity contribution < 1.29 is 9.47 Å². The quantitative estimate of drug-likeness (QED) is 0.245. The van der Waals surface area contributed by atoms with Crippen LogP contribution in [0, 0.1) is 11.5 Å². The van der Waals surface area contributed by atoms with Crippen LogP contribution in [0.2, 0.25) is 0 Å². The van der Waals surface area contributed by atoms with Gasteiger partial charge in [-0.2, -0.15) is 5.26 Å². The molecule has 90 valence electrons. The number of hydrogen-bond donors (Lipinski definition) is 0. The first-order chi connectivity index (χ1) is 7.83. The Kier molecular flexibility index (Phi) is 6.23. The highest BCUT2D eigenvalue weighted by Gasteiger charge is 2.27. The van der Waals surface area contributed by atoms with Crippen molar-refractivity contribution in [3.8, 4) is 6.19 Å². The first-order valence-electron chi connectivity index (χ1n) is 5.17. The SMILES string of the molecule is COCOCC1CCCN1C(=NC#N)SC. The smallest absolute Gasteiger partial charge is 0.208 e. The normalized spacial score (nSPS) is 21.2. The predicted octanol–water partition coefficient (Wildman–Crippen LogP) is 1.27. The first kappa shape index (κ1) is 13.3. The molecular weight excluding hydrogens is 226 g/mol. The summed E-state index contributed by atoms with van der Waals surface area (Å²) in [7, 11) is 1.61. The second-order valence-corrected chi connectivity index (χ2v) is 4.24. The van der Waals surface area contributed by atoms with Gasteiger partial charge in [0.15, 0.2) is 5.17 Å². The maximum Gasteiger partial charge on any atom is 0.208 e. The molecule has 0 radical (unpaired) electrons. The summed E-state index contributed by atoms with van der Waals surface area (Å²) < 4.78 is 10.2. The summed E-state index contributed by atoms with van der Waals surface area (Å²) in [6.07, 6.45) is 5.97. The third kappa shape index (κ3) is 3.67. The van der Waals surface area contributed by atoms with Gasteiger partial charge in [0.1, 0.15) is 6.79 Å². The maximum atomic E-state index is 8.60. The number of aliphatic imine (C=N–C) groups is 1. The van der Waals surface area contributed by atoms with Gasteiger partial charge < -0.3 is 14.4 Å². The summed E-state index contributed by atoms with van der Waals surface area (Å²) >= 11 is 1.50. The topological polar surface area (TPSA) is 57.9 Å². The fourth-order valence-electron chi connectivity index (χ4n) is 1.80. The van der Waals surface area contributed by atoms with Crippen LogP contribution in [-0.2, 0) is 9.47 Å². The van der Waals surface area contributed by atoms with Gasteiger partial charge in [-0.3, -0.25) is 0 Å². The summed E-state index contributed by atoms with van der Waals surface area (Å²) in [5.41, 5.74) is 0. The summed E-state index contributed by atoms with van der Waals surface area (Å²) in [6.45, 7) is 1.88. The average molecular weight is 243 g/mol. The summed E-state index contributed by atoms with van der Waals surface area (Å²) in [5.74, 6) is 0. The minimum Gasteiger partial charge on any atom is -0.359 e. The molecule has 0 amide bonds. The Bertz CT molecular complexity index is 278. The van der Waals surface area contributed by atoms with Crippen molar-refractivity contribution in [2.24, 2.45) is 4.99 Å². The number of nitriles is 1. The van der Waals surface area contributed by atoms with Crippen LogP contribution < -0.4 is 0 Å². The van der Waals surface area contributed by atoms with Crippen molar-refractivity contribution in [2.45, 2.75) is 18.9 Å². The number of thioether (sulfide) groups is 1. The molecule has 1 aliphatic rings. The van der Waals surface area contributed by atoms with E-state index in [4.69, 9.17) is 14.7 Å². The summed E-state index contributed by atoms with van der Waals surface area (Å²) in [5, 5.41) is 9.38. The Morgan fingerprint density at radius 1 is 1.69 bits per heavy atom. The van der Waals surface area contributed by atoms with Gasteiger partial charge in [0.05, 0.1) is 12.6 Å². The zero-order valence-corrected chi connectivity index (χ0v) is 10.5.